The molecule has 0 nitrogen and oxygen atoms in total. The summed E-state index contributed by atoms with van der Waals surface area (Å²) in [6, 6.07) is 0. The van der Waals surface area contributed by atoms with Crippen LogP contribution < -0.4 is 0 Å². The molecule has 0 aliphatic rings. The van der Waals surface area contributed by atoms with Gasteiger partial charge in [0, 0.05) is 0 Å². The fourth-order valence-electron chi connectivity index (χ4n) is 7.82. The van der Waals surface area contributed by atoms with Gasteiger partial charge in [0.25, 0.3) is 0 Å². The Balaban J connectivity index is 6.85. The van der Waals surface area contributed by atoms with E-state index in [0.29, 0.717) is 21.7 Å². The van der Waals surface area contributed by atoms with E-state index in [1.165, 1.54) is 77.0 Å². The normalized spacial score (nSPS) is 18.5. The van der Waals surface area contributed by atoms with Crippen LogP contribution in [0, 0.1) is 27.6 Å². The lowest BCUT2D eigenvalue weighted by Gasteiger charge is -2.63. The van der Waals surface area contributed by atoms with Gasteiger partial charge >= 0.3 is 0 Å². The lowest BCUT2D eigenvalue weighted by Crippen LogP contribution is -2.56. The average molecular weight is 395 g/mol. The van der Waals surface area contributed by atoms with Gasteiger partial charge in [0.2, 0.25) is 0 Å². The molecular weight excluding hydrogens is 336 g/mol. The van der Waals surface area contributed by atoms with E-state index in [1.54, 1.807) is 0 Å². The molecule has 0 saturated heterocycles. The summed E-state index contributed by atoms with van der Waals surface area (Å²) >= 11 is 0. The molecule has 0 bridgehead atoms. The SMILES string of the molecule is CCCCC(C)(CC)C(CC)(CCC)C(CC)C(CC)(CC)C(C)(CC)CC. The molecule has 28 heavy (non-hydrogen) atoms. The van der Waals surface area contributed by atoms with Crippen molar-refractivity contribution >= 4 is 0 Å². The first-order valence-electron chi connectivity index (χ1n) is 13.2. The Morgan fingerprint density at radius 2 is 0.964 bits per heavy atom. The summed E-state index contributed by atoms with van der Waals surface area (Å²) in [5, 5.41) is 0. The second-order valence-electron chi connectivity index (χ2n) is 10.4. The maximum absolute atomic E-state index is 2.68. The maximum Gasteiger partial charge on any atom is -0.0213 e. The Labute approximate surface area is 181 Å². The summed E-state index contributed by atoms with van der Waals surface area (Å²) in [5.74, 6) is 0.812. The molecule has 0 N–H and O–H groups in total. The van der Waals surface area contributed by atoms with Crippen molar-refractivity contribution in [1.29, 1.82) is 0 Å². The second-order valence-corrected chi connectivity index (χ2v) is 10.4. The highest BCUT2D eigenvalue weighted by Crippen LogP contribution is 2.67. The molecule has 0 amide bonds. The molecule has 0 aromatic carbocycles. The molecule has 0 radical (unpaired) electrons. The molecule has 0 heteroatoms. The van der Waals surface area contributed by atoms with E-state index in [2.05, 4.69) is 76.2 Å². The van der Waals surface area contributed by atoms with Gasteiger partial charge in [-0.25, -0.2) is 0 Å². The molecule has 3 unspecified atom stereocenters. The van der Waals surface area contributed by atoms with Gasteiger partial charge in [0.05, 0.1) is 0 Å². The highest BCUT2D eigenvalue weighted by atomic mass is 14.6. The highest BCUT2D eigenvalue weighted by molar-refractivity contribution is 5.07. The average Bonchev–Trinajstić information content (AvgIpc) is 2.73. The minimum atomic E-state index is 0.435. The van der Waals surface area contributed by atoms with Gasteiger partial charge in [0.1, 0.15) is 0 Å². The molecule has 0 spiro atoms. The van der Waals surface area contributed by atoms with Crippen molar-refractivity contribution in [3.63, 3.8) is 0 Å². The van der Waals surface area contributed by atoms with Gasteiger partial charge in [-0.1, -0.05) is 121 Å². The molecule has 0 aliphatic heterocycles. The van der Waals surface area contributed by atoms with Gasteiger partial charge in [0.15, 0.2) is 0 Å². The molecular formula is C28H58. The zero-order chi connectivity index (χ0) is 22.1. The largest absolute Gasteiger partial charge is 0.0654 e. The Hall–Kier alpha value is 0. The van der Waals surface area contributed by atoms with Crippen LogP contribution in [0.3, 0.4) is 0 Å². The van der Waals surface area contributed by atoms with Crippen molar-refractivity contribution in [2.24, 2.45) is 27.6 Å². The standard InChI is InChI=1S/C28H58/c1-12-21-23-26(11,17-6)28(20-9,22-13-2)24(14-3)27(18-7,19-8)25(10,15-4)16-5/h24H,12-23H2,1-11H3. The van der Waals surface area contributed by atoms with Crippen LogP contribution in [-0.4, -0.2) is 0 Å². The molecule has 0 saturated carbocycles. The summed E-state index contributed by atoms with van der Waals surface area (Å²) in [5.41, 5.74) is 1.79. The van der Waals surface area contributed by atoms with Crippen LogP contribution in [0.15, 0.2) is 0 Å². The Kier molecular flexibility index (Phi) is 12.0. The highest BCUT2D eigenvalue weighted by Gasteiger charge is 2.58. The Morgan fingerprint density at radius 3 is 1.25 bits per heavy atom. The van der Waals surface area contributed by atoms with Crippen LogP contribution in [0.2, 0.25) is 0 Å². The molecule has 0 aromatic rings. The fraction of sp³-hybridized carbons (Fsp3) is 1.00. The van der Waals surface area contributed by atoms with Crippen molar-refractivity contribution in [2.75, 3.05) is 0 Å². The molecule has 0 fully saturated rings. The van der Waals surface area contributed by atoms with Crippen molar-refractivity contribution in [3.8, 4) is 0 Å². The smallest absolute Gasteiger partial charge is 0.0213 e. The van der Waals surface area contributed by atoms with Crippen LogP contribution in [0.25, 0.3) is 0 Å². The number of hydrogen-bond donors (Lipinski definition) is 0. The number of hydrogen-bond acceptors (Lipinski definition) is 0. The molecule has 0 aromatic heterocycles. The predicted octanol–water partition coefficient (Wildman–Crippen LogP) is 10.4. The lowest BCUT2D eigenvalue weighted by molar-refractivity contribution is -0.146. The van der Waals surface area contributed by atoms with Crippen molar-refractivity contribution < 1.29 is 0 Å². The molecule has 0 rings (SSSR count). The van der Waals surface area contributed by atoms with E-state index in [9.17, 15) is 0 Å². The zero-order valence-electron chi connectivity index (χ0n) is 22.1. The van der Waals surface area contributed by atoms with Gasteiger partial charge < -0.3 is 0 Å². The van der Waals surface area contributed by atoms with Crippen LogP contribution in [0.5, 0.6) is 0 Å². The summed E-state index contributed by atoms with van der Waals surface area (Å²) in [4.78, 5) is 0. The summed E-state index contributed by atoms with van der Waals surface area (Å²) < 4.78 is 0. The summed E-state index contributed by atoms with van der Waals surface area (Å²) in [6.07, 6.45) is 16.1. The van der Waals surface area contributed by atoms with Crippen LogP contribution in [0.1, 0.15) is 153 Å². The summed E-state index contributed by atoms with van der Waals surface area (Å²) in [6.45, 7) is 27.6. The molecule has 0 heterocycles. The van der Waals surface area contributed by atoms with Gasteiger partial charge in [-0.15, -0.1) is 0 Å². The summed E-state index contributed by atoms with van der Waals surface area (Å²) in [7, 11) is 0. The molecule has 170 valence electrons. The first-order chi connectivity index (χ1) is 13.2. The fourth-order valence-corrected chi connectivity index (χ4v) is 7.82. The van der Waals surface area contributed by atoms with Gasteiger partial charge in [-0.3, -0.25) is 0 Å². The first-order valence-corrected chi connectivity index (χ1v) is 13.2. The van der Waals surface area contributed by atoms with Crippen LogP contribution in [0.4, 0.5) is 0 Å². The third kappa shape index (κ3) is 4.67. The third-order valence-corrected chi connectivity index (χ3v) is 10.2. The van der Waals surface area contributed by atoms with E-state index in [-0.39, 0.29) is 0 Å². The Bertz CT molecular complexity index is 400. The van der Waals surface area contributed by atoms with Crippen molar-refractivity contribution in [3.05, 3.63) is 0 Å². The predicted molar refractivity (Wildman–Crippen MR) is 131 cm³/mol. The van der Waals surface area contributed by atoms with Gasteiger partial charge in [-0.2, -0.15) is 0 Å². The lowest BCUT2D eigenvalue weighted by atomic mass is 9.41. The number of rotatable bonds is 16. The number of unbranched alkanes of at least 4 members (excludes halogenated alkanes) is 1. The van der Waals surface area contributed by atoms with Crippen LogP contribution >= 0.6 is 0 Å². The van der Waals surface area contributed by atoms with E-state index in [1.807, 2.05) is 0 Å². The monoisotopic (exact) mass is 394 g/mol. The van der Waals surface area contributed by atoms with E-state index in [0.717, 1.165) is 5.92 Å². The van der Waals surface area contributed by atoms with Gasteiger partial charge in [-0.05, 0) is 59.7 Å². The molecule has 3 atom stereocenters. The minimum Gasteiger partial charge on any atom is -0.0654 e. The first kappa shape index (κ1) is 28.0. The Morgan fingerprint density at radius 1 is 0.500 bits per heavy atom. The molecule has 0 aliphatic carbocycles. The van der Waals surface area contributed by atoms with Crippen molar-refractivity contribution in [1.82, 2.24) is 0 Å². The second kappa shape index (κ2) is 12.0. The quantitative estimate of drug-likeness (QED) is 0.244. The van der Waals surface area contributed by atoms with E-state index >= 15 is 0 Å². The topological polar surface area (TPSA) is 0 Å². The minimum absolute atomic E-state index is 0.435. The van der Waals surface area contributed by atoms with E-state index < -0.39 is 0 Å². The van der Waals surface area contributed by atoms with E-state index in [4.69, 9.17) is 0 Å². The van der Waals surface area contributed by atoms with Crippen molar-refractivity contribution in [2.45, 2.75) is 153 Å². The maximum atomic E-state index is 2.68. The van der Waals surface area contributed by atoms with Crippen LogP contribution in [-0.2, 0) is 0 Å². The zero-order valence-corrected chi connectivity index (χ0v) is 22.1. The third-order valence-electron chi connectivity index (χ3n) is 10.2.